The number of fused-ring (bicyclic) bond motifs is 1. The number of carboxylic acid groups (broad SMARTS) is 1. The van der Waals surface area contributed by atoms with E-state index in [1.807, 2.05) is 0 Å². The summed E-state index contributed by atoms with van der Waals surface area (Å²) in [6, 6.07) is 4.62. The maximum atomic E-state index is 11.0. The summed E-state index contributed by atoms with van der Waals surface area (Å²) in [5, 5.41) is 9.05. The lowest BCUT2D eigenvalue weighted by molar-refractivity contribution is 0.142. The van der Waals surface area contributed by atoms with Crippen LogP contribution in [-0.2, 0) is 12.8 Å². The van der Waals surface area contributed by atoms with Crippen molar-refractivity contribution in [2.24, 2.45) is 5.73 Å². The zero-order valence-corrected chi connectivity index (χ0v) is 12.5. The van der Waals surface area contributed by atoms with E-state index in [1.54, 1.807) is 0 Å². The van der Waals surface area contributed by atoms with E-state index in [0.717, 1.165) is 32.4 Å². The molecule has 0 radical (unpaired) electrons. The van der Waals surface area contributed by atoms with Crippen molar-refractivity contribution in [3.63, 3.8) is 0 Å². The van der Waals surface area contributed by atoms with Gasteiger partial charge in [0.15, 0.2) is 0 Å². The molecule has 0 aromatic heterocycles. The van der Waals surface area contributed by atoms with Crippen LogP contribution in [0.4, 0.5) is 10.5 Å². The second kappa shape index (κ2) is 5.56. The van der Waals surface area contributed by atoms with Gasteiger partial charge in [-0.15, -0.1) is 0 Å². The van der Waals surface area contributed by atoms with Gasteiger partial charge in [0.05, 0.1) is 0 Å². The van der Waals surface area contributed by atoms with Crippen LogP contribution in [-0.4, -0.2) is 48.3 Å². The lowest BCUT2D eigenvalue weighted by atomic mass is 9.84. The van der Waals surface area contributed by atoms with Crippen molar-refractivity contribution in [1.82, 2.24) is 4.90 Å². The third-order valence-corrected chi connectivity index (χ3v) is 4.76. The number of rotatable bonds is 1. The highest BCUT2D eigenvalue weighted by Crippen LogP contribution is 2.32. The number of anilines is 1. The van der Waals surface area contributed by atoms with Crippen LogP contribution < -0.4 is 10.6 Å². The average molecular weight is 289 g/mol. The molecular weight excluding hydrogens is 266 g/mol. The van der Waals surface area contributed by atoms with E-state index in [2.05, 4.69) is 24.0 Å². The van der Waals surface area contributed by atoms with Crippen molar-refractivity contribution in [3.8, 4) is 0 Å². The lowest BCUT2D eigenvalue weighted by Crippen LogP contribution is -2.48. The zero-order valence-electron chi connectivity index (χ0n) is 12.5. The van der Waals surface area contributed by atoms with Crippen molar-refractivity contribution in [2.45, 2.75) is 32.2 Å². The summed E-state index contributed by atoms with van der Waals surface area (Å²) in [4.78, 5) is 14.8. The minimum Gasteiger partial charge on any atom is -0.465 e. The fourth-order valence-corrected chi connectivity index (χ4v) is 3.50. The van der Waals surface area contributed by atoms with Crippen LogP contribution in [0.5, 0.6) is 0 Å². The monoisotopic (exact) mass is 289 g/mol. The SMILES string of the molecule is Cc1ccc(N2CCN(C(=O)O)CC2)c2c1CC[C@@H](N)C2. The molecule has 5 heteroatoms. The number of piperazine rings is 1. The molecule has 3 rings (SSSR count). The summed E-state index contributed by atoms with van der Waals surface area (Å²) in [5.74, 6) is 0. The smallest absolute Gasteiger partial charge is 0.407 e. The Balaban J connectivity index is 1.85. The minimum absolute atomic E-state index is 0.248. The molecule has 1 saturated heterocycles. The summed E-state index contributed by atoms with van der Waals surface area (Å²) in [6.45, 7) is 4.84. The van der Waals surface area contributed by atoms with Gasteiger partial charge in [-0.05, 0) is 48.9 Å². The molecule has 1 fully saturated rings. The first kappa shape index (κ1) is 14.2. The third-order valence-electron chi connectivity index (χ3n) is 4.76. The highest BCUT2D eigenvalue weighted by Gasteiger charge is 2.26. The molecule has 1 aliphatic heterocycles. The van der Waals surface area contributed by atoms with Gasteiger partial charge in [0.1, 0.15) is 0 Å². The van der Waals surface area contributed by atoms with Gasteiger partial charge in [-0.2, -0.15) is 0 Å². The number of carbonyl (C=O) groups is 1. The van der Waals surface area contributed by atoms with Crippen LogP contribution in [0.3, 0.4) is 0 Å². The lowest BCUT2D eigenvalue weighted by Gasteiger charge is -2.37. The number of benzene rings is 1. The van der Waals surface area contributed by atoms with Crippen LogP contribution in [0.15, 0.2) is 12.1 Å². The quantitative estimate of drug-likeness (QED) is 0.824. The van der Waals surface area contributed by atoms with E-state index in [0.29, 0.717) is 13.1 Å². The molecular formula is C16H23N3O2. The molecule has 1 heterocycles. The van der Waals surface area contributed by atoms with Crippen molar-refractivity contribution < 1.29 is 9.90 Å². The summed E-state index contributed by atoms with van der Waals surface area (Å²) in [5.41, 5.74) is 11.6. The molecule has 21 heavy (non-hydrogen) atoms. The fraction of sp³-hybridized carbons (Fsp3) is 0.562. The first-order valence-corrected chi connectivity index (χ1v) is 7.66. The number of nitrogens with zero attached hydrogens (tertiary/aromatic N) is 2. The minimum atomic E-state index is -0.817. The van der Waals surface area contributed by atoms with Crippen molar-refractivity contribution in [1.29, 1.82) is 0 Å². The summed E-state index contributed by atoms with van der Waals surface area (Å²) >= 11 is 0. The molecule has 0 saturated carbocycles. The summed E-state index contributed by atoms with van der Waals surface area (Å²) in [7, 11) is 0. The van der Waals surface area contributed by atoms with Crippen LogP contribution in [0, 0.1) is 6.92 Å². The molecule has 0 unspecified atom stereocenters. The second-order valence-corrected chi connectivity index (χ2v) is 6.12. The van der Waals surface area contributed by atoms with Gasteiger partial charge in [0.25, 0.3) is 0 Å². The van der Waals surface area contributed by atoms with Gasteiger partial charge in [0.2, 0.25) is 0 Å². The Bertz CT molecular complexity index is 551. The summed E-state index contributed by atoms with van der Waals surface area (Å²) < 4.78 is 0. The Hall–Kier alpha value is -1.75. The van der Waals surface area contributed by atoms with Gasteiger partial charge >= 0.3 is 6.09 Å². The Kier molecular flexibility index (Phi) is 3.76. The van der Waals surface area contributed by atoms with Crippen LogP contribution in [0.25, 0.3) is 0 Å². The topological polar surface area (TPSA) is 69.8 Å². The molecule has 3 N–H and O–H groups in total. The predicted molar refractivity (Wildman–Crippen MR) is 83.0 cm³/mol. The first-order chi connectivity index (χ1) is 10.1. The maximum Gasteiger partial charge on any atom is 0.407 e. The standard InChI is InChI=1S/C16H23N3O2/c1-11-2-5-15(14-10-12(17)3-4-13(11)14)18-6-8-19(9-7-18)16(20)21/h2,5,12H,3-4,6-10,17H2,1H3,(H,20,21)/t12-/m1/s1. The molecule has 2 aliphatic rings. The predicted octanol–water partition coefficient (Wildman–Crippen LogP) is 1.61. The van der Waals surface area contributed by atoms with Gasteiger partial charge < -0.3 is 20.6 Å². The van der Waals surface area contributed by atoms with Crippen molar-refractivity contribution in [2.75, 3.05) is 31.1 Å². The van der Waals surface area contributed by atoms with E-state index < -0.39 is 6.09 Å². The van der Waals surface area contributed by atoms with Gasteiger partial charge in [0, 0.05) is 37.9 Å². The Labute approximate surface area is 125 Å². The number of aryl methyl sites for hydroxylation is 1. The molecule has 1 atom stereocenters. The van der Waals surface area contributed by atoms with Crippen LogP contribution in [0.2, 0.25) is 0 Å². The molecule has 5 nitrogen and oxygen atoms in total. The molecule has 1 aromatic carbocycles. The fourth-order valence-electron chi connectivity index (χ4n) is 3.50. The van der Waals surface area contributed by atoms with Gasteiger partial charge in [-0.25, -0.2) is 4.79 Å². The molecule has 1 amide bonds. The Morgan fingerprint density at radius 2 is 1.95 bits per heavy atom. The Morgan fingerprint density at radius 3 is 2.62 bits per heavy atom. The van der Waals surface area contributed by atoms with Crippen LogP contribution in [0.1, 0.15) is 23.1 Å². The molecule has 114 valence electrons. The summed E-state index contributed by atoms with van der Waals surface area (Å²) in [6.07, 6.45) is 2.24. The van der Waals surface area contributed by atoms with E-state index in [1.165, 1.54) is 27.3 Å². The number of nitrogens with two attached hydrogens (primary N) is 1. The molecule has 0 spiro atoms. The van der Waals surface area contributed by atoms with Gasteiger partial charge in [-0.3, -0.25) is 0 Å². The van der Waals surface area contributed by atoms with Gasteiger partial charge in [-0.1, -0.05) is 6.07 Å². The number of amides is 1. The normalized spacial score (nSPS) is 22.1. The van der Waals surface area contributed by atoms with Crippen molar-refractivity contribution >= 4 is 11.8 Å². The van der Waals surface area contributed by atoms with E-state index in [9.17, 15) is 4.79 Å². The Morgan fingerprint density at radius 1 is 1.24 bits per heavy atom. The average Bonchev–Trinajstić information content (AvgIpc) is 2.47. The molecule has 1 aromatic rings. The first-order valence-electron chi connectivity index (χ1n) is 7.66. The van der Waals surface area contributed by atoms with Crippen LogP contribution >= 0.6 is 0 Å². The maximum absolute atomic E-state index is 11.0. The zero-order chi connectivity index (χ0) is 15.0. The number of hydrogen-bond acceptors (Lipinski definition) is 3. The largest absolute Gasteiger partial charge is 0.465 e. The number of hydrogen-bond donors (Lipinski definition) is 2. The second-order valence-electron chi connectivity index (χ2n) is 6.12. The van der Waals surface area contributed by atoms with E-state index in [4.69, 9.17) is 10.8 Å². The molecule has 0 bridgehead atoms. The van der Waals surface area contributed by atoms with E-state index >= 15 is 0 Å². The highest BCUT2D eigenvalue weighted by molar-refractivity contribution is 5.66. The third kappa shape index (κ3) is 2.70. The highest BCUT2D eigenvalue weighted by atomic mass is 16.4. The molecule has 1 aliphatic carbocycles. The van der Waals surface area contributed by atoms with E-state index in [-0.39, 0.29) is 6.04 Å². The van der Waals surface area contributed by atoms with Crippen molar-refractivity contribution in [3.05, 3.63) is 28.8 Å².